The Morgan fingerprint density at radius 3 is 2.63 bits per heavy atom. The minimum atomic E-state index is 0.356. The van der Waals surface area contributed by atoms with Crippen molar-refractivity contribution in [2.45, 2.75) is 26.5 Å². The van der Waals surface area contributed by atoms with Crippen LogP contribution in [0.25, 0.3) is 0 Å². The van der Waals surface area contributed by atoms with Crippen LogP contribution in [0.1, 0.15) is 24.5 Å². The number of rotatable bonds is 11. The van der Waals surface area contributed by atoms with Crippen LogP contribution in [0.2, 0.25) is 10.0 Å². The van der Waals surface area contributed by atoms with Crippen LogP contribution < -0.4 is 14.8 Å². The third-order valence-corrected chi connectivity index (χ3v) is 5.55. The van der Waals surface area contributed by atoms with Gasteiger partial charge in [-0.05, 0) is 56.3 Å². The van der Waals surface area contributed by atoms with Crippen LogP contribution in [0.15, 0.2) is 36.4 Å². The van der Waals surface area contributed by atoms with E-state index >= 15 is 0 Å². The Bertz CT molecular complexity index is 798. The van der Waals surface area contributed by atoms with Gasteiger partial charge in [0.25, 0.3) is 0 Å². The second-order valence-corrected chi connectivity index (χ2v) is 8.07. The lowest BCUT2D eigenvalue weighted by atomic mass is 10.2. The van der Waals surface area contributed by atoms with E-state index in [1.807, 2.05) is 31.2 Å². The fourth-order valence-electron chi connectivity index (χ4n) is 3.33. The average molecular weight is 453 g/mol. The molecule has 2 aromatic rings. The zero-order valence-electron chi connectivity index (χ0n) is 17.5. The van der Waals surface area contributed by atoms with Crippen molar-refractivity contribution in [2.75, 3.05) is 46.0 Å². The van der Waals surface area contributed by atoms with Gasteiger partial charge in [0.2, 0.25) is 0 Å². The zero-order chi connectivity index (χ0) is 21.2. The van der Waals surface area contributed by atoms with E-state index in [2.05, 4.69) is 16.3 Å². The van der Waals surface area contributed by atoms with Crippen molar-refractivity contribution >= 4 is 23.2 Å². The van der Waals surface area contributed by atoms with Crippen LogP contribution in [0.4, 0.5) is 0 Å². The summed E-state index contributed by atoms with van der Waals surface area (Å²) in [5.74, 6) is 1.45. The Labute approximate surface area is 189 Å². The highest BCUT2D eigenvalue weighted by atomic mass is 35.5. The molecule has 3 rings (SSSR count). The lowest BCUT2D eigenvalue weighted by Crippen LogP contribution is -2.37. The molecule has 1 saturated heterocycles. The fraction of sp³-hybridized carbons (Fsp3) is 0.478. The minimum absolute atomic E-state index is 0.356. The SMILES string of the molecule is CCOc1cc(CNCCCN2CCOCC2)ccc1OCc1ccc(Cl)cc1Cl. The Balaban J connectivity index is 1.48. The van der Waals surface area contributed by atoms with E-state index < -0.39 is 0 Å². The molecule has 0 radical (unpaired) electrons. The summed E-state index contributed by atoms with van der Waals surface area (Å²) in [4.78, 5) is 2.46. The lowest BCUT2D eigenvalue weighted by molar-refractivity contribution is 0.0374. The molecule has 164 valence electrons. The molecule has 1 aliphatic rings. The number of morpholine rings is 1. The van der Waals surface area contributed by atoms with Gasteiger partial charge in [0.1, 0.15) is 6.61 Å². The summed E-state index contributed by atoms with van der Waals surface area (Å²) in [6.07, 6.45) is 1.13. The standard InChI is InChI=1S/C23H30Cl2N2O3/c1-2-29-23-14-18(16-26-8-3-9-27-10-12-28-13-11-27)4-7-22(23)30-17-19-5-6-20(24)15-21(19)25/h4-7,14-15,26H,2-3,8-13,16-17H2,1H3. The molecule has 30 heavy (non-hydrogen) atoms. The Hall–Kier alpha value is -1.50. The van der Waals surface area contributed by atoms with Gasteiger partial charge in [0, 0.05) is 35.2 Å². The number of halogens is 2. The van der Waals surface area contributed by atoms with Crippen LogP contribution in [0.3, 0.4) is 0 Å². The zero-order valence-corrected chi connectivity index (χ0v) is 19.0. The second-order valence-electron chi connectivity index (χ2n) is 7.22. The molecular weight excluding hydrogens is 423 g/mol. The number of hydrogen-bond donors (Lipinski definition) is 1. The van der Waals surface area contributed by atoms with Gasteiger partial charge >= 0.3 is 0 Å². The summed E-state index contributed by atoms with van der Waals surface area (Å²) >= 11 is 12.2. The van der Waals surface area contributed by atoms with E-state index in [1.165, 1.54) is 5.56 Å². The number of benzene rings is 2. The maximum atomic E-state index is 6.24. The molecule has 0 bridgehead atoms. The van der Waals surface area contributed by atoms with Gasteiger partial charge in [-0.25, -0.2) is 0 Å². The molecule has 5 nitrogen and oxygen atoms in total. The van der Waals surface area contributed by atoms with Crippen molar-refractivity contribution in [3.05, 3.63) is 57.6 Å². The molecule has 1 heterocycles. The minimum Gasteiger partial charge on any atom is -0.490 e. The Morgan fingerprint density at radius 1 is 1.03 bits per heavy atom. The van der Waals surface area contributed by atoms with Crippen molar-refractivity contribution in [2.24, 2.45) is 0 Å². The van der Waals surface area contributed by atoms with Gasteiger partial charge in [-0.1, -0.05) is 35.3 Å². The van der Waals surface area contributed by atoms with E-state index in [0.717, 1.165) is 63.7 Å². The smallest absolute Gasteiger partial charge is 0.161 e. The van der Waals surface area contributed by atoms with Gasteiger partial charge in [-0.3, -0.25) is 4.90 Å². The first-order chi connectivity index (χ1) is 14.7. The topological polar surface area (TPSA) is 43.0 Å². The van der Waals surface area contributed by atoms with Gasteiger partial charge in [-0.2, -0.15) is 0 Å². The van der Waals surface area contributed by atoms with Crippen molar-refractivity contribution in [1.29, 1.82) is 0 Å². The molecule has 2 aromatic carbocycles. The molecule has 0 aromatic heterocycles. The monoisotopic (exact) mass is 452 g/mol. The predicted molar refractivity (Wildman–Crippen MR) is 122 cm³/mol. The number of hydrogen-bond acceptors (Lipinski definition) is 5. The summed E-state index contributed by atoms with van der Waals surface area (Å²) in [7, 11) is 0. The summed E-state index contributed by atoms with van der Waals surface area (Å²) < 4.78 is 17.2. The predicted octanol–water partition coefficient (Wildman–Crippen LogP) is 4.78. The molecule has 0 unspecified atom stereocenters. The molecule has 0 saturated carbocycles. The van der Waals surface area contributed by atoms with Gasteiger partial charge in [0.15, 0.2) is 11.5 Å². The van der Waals surface area contributed by atoms with Gasteiger partial charge < -0.3 is 19.5 Å². The molecule has 1 N–H and O–H groups in total. The normalized spacial score (nSPS) is 14.6. The van der Waals surface area contributed by atoms with E-state index in [1.54, 1.807) is 6.07 Å². The Morgan fingerprint density at radius 2 is 1.87 bits per heavy atom. The molecule has 0 atom stereocenters. The van der Waals surface area contributed by atoms with Gasteiger partial charge in [-0.15, -0.1) is 0 Å². The first-order valence-electron chi connectivity index (χ1n) is 10.5. The summed E-state index contributed by atoms with van der Waals surface area (Å²) in [6.45, 7) is 9.58. The van der Waals surface area contributed by atoms with Crippen LogP contribution in [-0.2, 0) is 17.9 Å². The van der Waals surface area contributed by atoms with Crippen molar-refractivity contribution in [3.8, 4) is 11.5 Å². The third kappa shape index (κ3) is 7.33. The van der Waals surface area contributed by atoms with Gasteiger partial charge in [0.05, 0.1) is 19.8 Å². The lowest BCUT2D eigenvalue weighted by Gasteiger charge is -2.26. The molecule has 1 aliphatic heterocycles. The highest BCUT2D eigenvalue weighted by Gasteiger charge is 2.10. The van der Waals surface area contributed by atoms with Crippen LogP contribution in [0, 0.1) is 0 Å². The largest absolute Gasteiger partial charge is 0.490 e. The fourth-order valence-corrected chi connectivity index (χ4v) is 3.79. The quantitative estimate of drug-likeness (QED) is 0.496. The molecular formula is C23H30Cl2N2O3. The molecule has 0 aliphatic carbocycles. The third-order valence-electron chi connectivity index (χ3n) is 4.97. The number of nitrogens with zero attached hydrogens (tertiary/aromatic N) is 1. The van der Waals surface area contributed by atoms with E-state index in [-0.39, 0.29) is 0 Å². The Kier molecular flexibility index (Phi) is 9.56. The summed E-state index contributed by atoms with van der Waals surface area (Å²) in [5, 5.41) is 4.72. The summed E-state index contributed by atoms with van der Waals surface area (Å²) in [6, 6.07) is 11.5. The van der Waals surface area contributed by atoms with Crippen LogP contribution in [-0.4, -0.2) is 50.9 Å². The summed E-state index contributed by atoms with van der Waals surface area (Å²) in [5.41, 5.74) is 2.05. The highest BCUT2D eigenvalue weighted by Crippen LogP contribution is 2.30. The first-order valence-corrected chi connectivity index (χ1v) is 11.2. The van der Waals surface area contributed by atoms with E-state index in [4.69, 9.17) is 37.4 Å². The van der Waals surface area contributed by atoms with E-state index in [9.17, 15) is 0 Å². The van der Waals surface area contributed by atoms with Crippen LogP contribution >= 0.6 is 23.2 Å². The van der Waals surface area contributed by atoms with Crippen molar-refractivity contribution in [1.82, 2.24) is 10.2 Å². The van der Waals surface area contributed by atoms with E-state index in [0.29, 0.717) is 29.0 Å². The molecule has 1 fully saturated rings. The molecule has 0 amide bonds. The number of nitrogens with one attached hydrogen (secondary N) is 1. The molecule has 7 heteroatoms. The van der Waals surface area contributed by atoms with Crippen LogP contribution in [0.5, 0.6) is 11.5 Å². The first kappa shape index (κ1) is 23.2. The molecule has 0 spiro atoms. The average Bonchev–Trinajstić information content (AvgIpc) is 2.75. The second kappa shape index (κ2) is 12.4. The van der Waals surface area contributed by atoms with Crippen molar-refractivity contribution in [3.63, 3.8) is 0 Å². The van der Waals surface area contributed by atoms with Crippen molar-refractivity contribution < 1.29 is 14.2 Å². The maximum absolute atomic E-state index is 6.24. The highest BCUT2D eigenvalue weighted by molar-refractivity contribution is 6.35. The maximum Gasteiger partial charge on any atom is 0.161 e. The number of ether oxygens (including phenoxy) is 3.